The molecular weight excluding hydrogens is 402 g/mol. The molecule has 3 aliphatic rings. The molecule has 3 aliphatic heterocycles. The fourth-order valence-electron chi connectivity index (χ4n) is 5.13. The van der Waals surface area contributed by atoms with Crippen molar-refractivity contribution in [1.29, 1.82) is 0 Å². The molecule has 1 saturated heterocycles. The van der Waals surface area contributed by atoms with Crippen molar-refractivity contribution >= 4 is 11.9 Å². The van der Waals surface area contributed by atoms with Crippen molar-refractivity contribution in [3.8, 4) is 0 Å². The van der Waals surface area contributed by atoms with Gasteiger partial charge in [-0.2, -0.15) is 0 Å². The second-order valence-electron chi connectivity index (χ2n) is 8.80. The van der Waals surface area contributed by atoms with Crippen LogP contribution >= 0.6 is 0 Å². The minimum Gasteiger partial charge on any atom is -0.450 e. The van der Waals surface area contributed by atoms with Crippen LogP contribution in [0.15, 0.2) is 29.3 Å². The lowest BCUT2D eigenvalue weighted by Gasteiger charge is -2.40. The van der Waals surface area contributed by atoms with E-state index in [-0.39, 0.29) is 24.4 Å². The third kappa shape index (κ3) is 3.67. The standard InChI is InChI=1S/C24H30F2N2O3/c1-4-24(25,26)19-8-6-7-17-9-12-28(15-18(17)19)21(29)20-16(3)22(30)31-23(20)10-13-27(5-2)14-11-23/h6-8H,4-5,9-15H2,1-3H3. The first-order valence-corrected chi connectivity index (χ1v) is 11.2. The highest BCUT2D eigenvalue weighted by Gasteiger charge is 2.51. The number of rotatable bonds is 4. The summed E-state index contributed by atoms with van der Waals surface area (Å²) >= 11 is 0. The van der Waals surface area contributed by atoms with E-state index in [2.05, 4.69) is 11.8 Å². The Bertz CT molecular complexity index is 933. The molecule has 1 aromatic carbocycles. The molecule has 1 aromatic rings. The number of alkyl halides is 2. The average molecular weight is 433 g/mol. The van der Waals surface area contributed by atoms with Crippen LogP contribution in [0.2, 0.25) is 0 Å². The Balaban J connectivity index is 1.64. The molecule has 4 rings (SSSR count). The Hall–Kier alpha value is -2.28. The quantitative estimate of drug-likeness (QED) is 0.679. The van der Waals surface area contributed by atoms with E-state index >= 15 is 0 Å². The van der Waals surface area contributed by atoms with Gasteiger partial charge >= 0.3 is 5.97 Å². The summed E-state index contributed by atoms with van der Waals surface area (Å²) < 4.78 is 35.0. The van der Waals surface area contributed by atoms with Gasteiger partial charge in [0.15, 0.2) is 0 Å². The van der Waals surface area contributed by atoms with E-state index in [1.54, 1.807) is 17.9 Å². The normalized spacial score (nSPS) is 21.5. The fraction of sp³-hybridized carbons (Fsp3) is 0.583. The molecule has 0 saturated carbocycles. The number of nitrogens with zero attached hydrogens (tertiary/aromatic N) is 2. The lowest BCUT2D eigenvalue weighted by Crippen LogP contribution is -2.50. The first kappa shape index (κ1) is 21.9. The van der Waals surface area contributed by atoms with Gasteiger partial charge in [-0.25, -0.2) is 13.6 Å². The van der Waals surface area contributed by atoms with Gasteiger partial charge in [0, 0.05) is 56.6 Å². The molecule has 168 valence electrons. The summed E-state index contributed by atoms with van der Waals surface area (Å²) in [5.74, 6) is -3.63. The third-order valence-electron chi connectivity index (χ3n) is 7.15. The largest absolute Gasteiger partial charge is 0.450 e. The zero-order chi connectivity index (χ0) is 22.4. The van der Waals surface area contributed by atoms with Crippen molar-refractivity contribution in [1.82, 2.24) is 9.80 Å². The second kappa shape index (κ2) is 8.01. The smallest absolute Gasteiger partial charge is 0.335 e. The van der Waals surface area contributed by atoms with Crippen molar-refractivity contribution in [3.63, 3.8) is 0 Å². The molecule has 0 bridgehead atoms. The van der Waals surface area contributed by atoms with E-state index < -0.39 is 17.5 Å². The highest BCUT2D eigenvalue weighted by molar-refractivity contribution is 6.07. The summed E-state index contributed by atoms with van der Waals surface area (Å²) in [6, 6.07) is 4.99. The van der Waals surface area contributed by atoms with Crippen LogP contribution in [0, 0.1) is 0 Å². The van der Waals surface area contributed by atoms with E-state index in [4.69, 9.17) is 4.74 Å². The number of benzene rings is 1. The summed E-state index contributed by atoms with van der Waals surface area (Å²) in [5, 5.41) is 0. The number of carbonyl (C=O) groups excluding carboxylic acids is 2. The highest BCUT2D eigenvalue weighted by Crippen LogP contribution is 2.43. The van der Waals surface area contributed by atoms with E-state index in [0.717, 1.165) is 25.2 Å². The molecule has 0 unspecified atom stereocenters. The predicted octanol–water partition coefficient (Wildman–Crippen LogP) is 3.80. The van der Waals surface area contributed by atoms with Crippen molar-refractivity contribution in [2.75, 3.05) is 26.2 Å². The molecule has 0 atom stereocenters. The molecule has 0 radical (unpaired) electrons. The van der Waals surface area contributed by atoms with Crippen LogP contribution in [0.4, 0.5) is 8.78 Å². The van der Waals surface area contributed by atoms with E-state index in [0.29, 0.717) is 42.5 Å². The third-order valence-corrected chi connectivity index (χ3v) is 7.15. The van der Waals surface area contributed by atoms with Crippen LogP contribution in [0.25, 0.3) is 0 Å². The molecule has 0 aliphatic carbocycles. The van der Waals surface area contributed by atoms with E-state index in [9.17, 15) is 18.4 Å². The maximum atomic E-state index is 14.6. The number of carbonyl (C=O) groups is 2. The summed E-state index contributed by atoms with van der Waals surface area (Å²) in [6.07, 6.45) is 1.39. The second-order valence-corrected chi connectivity index (χ2v) is 8.80. The molecule has 1 fully saturated rings. The van der Waals surface area contributed by atoms with Crippen molar-refractivity contribution in [2.45, 2.75) is 64.5 Å². The van der Waals surface area contributed by atoms with Crippen LogP contribution in [0.1, 0.15) is 56.7 Å². The Morgan fingerprint density at radius 2 is 1.90 bits per heavy atom. The van der Waals surface area contributed by atoms with Crippen LogP contribution in [-0.2, 0) is 33.2 Å². The maximum absolute atomic E-state index is 14.6. The van der Waals surface area contributed by atoms with Crippen LogP contribution in [0.3, 0.4) is 0 Å². The van der Waals surface area contributed by atoms with Gasteiger partial charge in [0.1, 0.15) is 5.60 Å². The number of fused-ring (bicyclic) bond motifs is 1. The van der Waals surface area contributed by atoms with E-state index in [1.807, 2.05) is 6.07 Å². The number of hydrogen-bond donors (Lipinski definition) is 0. The minimum absolute atomic E-state index is 0.000386. The van der Waals surface area contributed by atoms with Crippen molar-refractivity contribution < 1.29 is 23.1 Å². The monoisotopic (exact) mass is 432 g/mol. The number of esters is 1. The zero-order valence-corrected chi connectivity index (χ0v) is 18.5. The molecule has 1 amide bonds. The molecular formula is C24H30F2N2O3. The number of piperidine rings is 1. The van der Waals surface area contributed by atoms with Gasteiger partial charge in [0.05, 0.1) is 5.57 Å². The van der Waals surface area contributed by atoms with Gasteiger partial charge in [-0.3, -0.25) is 4.79 Å². The number of hydrogen-bond acceptors (Lipinski definition) is 4. The fourth-order valence-corrected chi connectivity index (χ4v) is 5.13. The zero-order valence-electron chi connectivity index (χ0n) is 18.5. The molecule has 7 heteroatoms. The summed E-state index contributed by atoms with van der Waals surface area (Å²) in [7, 11) is 0. The predicted molar refractivity (Wildman–Crippen MR) is 113 cm³/mol. The van der Waals surface area contributed by atoms with Crippen LogP contribution in [-0.4, -0.2) is 53.5 Å². The van der Waals surface area contributed by atoms with E-state index in [1.165, 1.54) is 13.0 Å². The lowest BCUT2D eigenvalue weighted by molar-refractivity contribution is -0.151. The van der Waals surface area contributed by atoms with Gasteiger partial charge in [0.25, 0.3) is 11.8 Å². The van der Waals surface area contributed by atoms with Crippen LogP contribution < -0.4 is 0 Å². The summed E-state index contributed by atoms with van der Waals surface area (Å²) in [6.45, 7) is 8.18. The molecule has 0 N–H and O–H groups in total. The molecule has 5 nitrogen and oxygen atoms in total. The van der Waals surface area contributed by atoms with Gasteiger partial charge < -0.3 is 14.5 Å². The number of amides is 1. The highest BCUT2D eigenvalue weighted by atomic mass is 19.3. The Morgan fingerprint density at radius 1 is 1.19 bits per heavy atom. The molecule has 1 spiro atoms. The topological polar surface area (TPSA) is 49.9 Å². The number of ether oxygens (including phenoxy) is 1. The van der Waals surface area contributed by atoms with Crippen molar-refractivity contribution in [3.05, 3.63) is 46.0 Å². The maximum Gasteiger partial charge on any atom is 0.335 e. The van der Waals surface area contributed by atoms with Crippen LogP contribution in [0.5, 0.6) is 0 Å². The Labute approximate surface area is 182 Å². The lowest BCUT2D eigenvalue weighted by atomic mass is 9.82. The SMILES string of the molecule is CCN1CCC2(CC1)OC(=O)C(C)=C2C(=O)N1CCc2cccc(C(F)(F)CC)c2C1. The first-order chi connectivity index (χ1) is 14.7. The number of halogens is 2. The molecule has 3 heterocycles. The van der Waals surface area contributed by atoms with Gasteiger partial charge in [-0.15, -0.1) is 0 Å². The van der Waals surface area contributed by atoms with Gasteiger partial charge in [-0.05, 0) is 31.0 Å². The Morgan fingerprint density at radius 3 is 2.55 bits per heavy atom. The molecule has 0 aromatic heterocycles. The average Bonchev–Trinajstić information content (AvgIpc) is 3.02. The van der Waals surface area contributed by atoms with Gasteiger partial charge in [-0.1, -0.05) is 32.0 Å². The Kier molecular flexibility index (Phi) is 5.66. The van der Waals surface area contributed by atoms with Gasteiger partial charge in [0.2, 0.25) is 0 Å². The first-order valence-electron chi connectivity index (χ1n) is 11.2. The summed E-state index contributed by atoms with van der Waals surface area (Å²) in [4.78, 5) is 30.0. The number of likely N-dealkylation sites (tertiary alicyclic amines) is 1. The minimum atomic E-state index is -2.94. The summed E-state index contributed by atoms with van der Waals surface area (Å²) in [5.41, 5.74) is 1.29. The van der Waals surface area contributed by atoms with Crippen molar-refractivity contribution in [2.24, 2.45) is 0 Å². The molecule has 31 heavy (non-hydrogen) atoms.